The molecule has 1 fully saturated rings. The van der Waals surface area contributed by atoms with Crippen molar-refractivity contribution in [1.82, 2.24) is 4.90 Å². The van der Waals surface area contributed by atoms with Crippen molar-refractivity contribution in [3.8, 4) is 0 Å². The zero-order valence-electron chi connectivity index (χ0n) is 19.3. The van der Waals surface area contributed by atoms with Gasteiger partial charge in [0.05, 0.1) is 4.92 Å². The molecule has 1 heterocycles. The fraction of sp³-hybridized carbons (Fsp3) is 0.640. The third-order valence-electron chi connectivity index (χ3n) is 6.30. The van der Waals surface area contributed by atoms with Crippen molar-refractivity contribution in [2.75, 3.05) is 37.6 Å². The summed E-state index contributed by atoms with van der Waals surface area (Å²) in [5.41, 5.74) is 1.55. The number of unbranched alkanes of at least 4 members (excludes halogenated alkanes) is 9. The smallest absolute Gasteiger partial charge is 0.330 e. The lowest BCUT2D eigenvalue weighted by Crippen LogP contribution is -2.46. The van der Waals surface area contributed by atoms with E-state index in [0.29, 0.717) is 12.0 Å². The van der Waals surface area contributed by atoms with E-state index >= 15 is 0 Å². The molecule has 7 heteroatoms. The van der Waals surface area contributed by atoms with Crippen molar-refractivity contribution >= 4 is 17.3 Å². The summed E-state index contributed by atoms with van der Waals surface area (Å²) in [6, 6.07) is 6.87. The van der Waals surface area contributed by atoms with Gasteiger partial charge in [-0.05, 0) is 37.9 Å². The van der Waals surface area contributed by atoms with E-state index in [0.717, 1.165) is 51.3 Å². The molecular formula is C25H39N3O4. The van der Waals surface area contributed by atoms with Gasteiger partial charge in [0.2, 0.25) is 0 Å². The molecule has 1 aromatic rings. The summed E-state index contributed by atoms with van der Waals surface area (Å²) in [4.78, 5) is 25.9. The summed E-state index contributed by atoms with van der Waals surface area (Å²) in [5.74, 6) is -0.866. The summed E-state index contributed by atoms with van der Waals surface area (Å²) < 4.78 is 0. The van der Waals surface area contributed by atoms with Gasteiger partial charge in [-0.25, -0.2) is 4.79 Å². The molecule has 0 aromatic heterocycles. The molecule has 0 atom stereocenters. The number of carboxylic acid groups (broad SMARTS) is 1. The number of nitro benzene ring substituents is 1. The van der Waals surface area contributed by atoms with Crippen molar-refractivity contribution in [2.24, 2.45) is 0 Å². The number of hydrogen-bond acceptors (Lipinski definition) is 5. The Kier molecular flexibility index (Phi) is 11.8. The number of non-ortho nitro benzene ring substituents is 1. The van der Waals surface area contributed by atoms with Crippen LogP contribution >= 0.6 is 0 Å². The minimum absolute atomic E-state index is 0.145. The number of piperazine rings is 1. The molecule has 0 unspecified atom stereocenters. The lowest BCUT2D eigenvalue weighted by Gasteiger charge is -2.36. The van der Waals surface area contributed by atoms with Gasteiger partial charge in [-0.2, -0.15) is 0 Å². The topological polar surface area (TPSA) is 86.9 Å². The van der Waals surface area contributed by atoms with E-state index in [1.165, 1.54) is 51.4 Å². The van der Waals surface area contributed by atoms with Crippen LogP contribution in [0.25, 0.3) is 0 Å². The summed E-state index contributed by atoms with van der Waals surface area (Å²) in [6.45, 7) is 8.78. The quantitative estimate of drug-likeness (QED) is 0.153. The first kappa shape index (κ1) is 25.8. The molecule has 7 nitrogen and oxygen atoms in total. The van der Waals surface area contributed by atoms with Crippen molar-refractivity contribution in [1.29, 1.82) is 0 Å². The van der Waals surface area contributed by atoms with Crippen LogP contribution in [-0.2, 0) is 4.79 Å². The highest BCUT2D eigenvalue weighted by atomic mass is 16.6. The molecule has 178 valence electrons. The molecule has 1 N–H and O–H groups in total. The van der Waals surface area contributed by atoms with Crippen LogP contribution in [-0.4, -0.2) is 53.6 Å². The predicted molar refractivity (Wildman–Crippen MR) is 129 cm³/mol. The second-order valence-corrected chi connectivity index (χ2v) is 8.80. The Morgan fingerprint density at radius 1 is 0.875 bits per heavy atom. The van der Waals surface area contributed by atoms with E-state index in [2.05, 4.69) is 16.4 Å². The Hall–Kier alpha value is -2.41. The van der Waals surface area contributed by atoms with Crippen molar-refractivity contribution in [2.45, 2.75) is 70.6 Å². The van der Waals surface area contributed by atoms with Gasteiger partial charge < -0.3 is 10.0 Å². The summed E-state index contributed by atoms with van der Waals surface area (Å²) >= 11 is 0. The number of carbonyl (C=O) groups is 1. The van der Waals surface area contributed by atoms with Crippen LogP contribution in [0.2, 0.25) is 0 Å². The zero-order chi connectivity index (χ0) is 23.2. The fourth-order valence-corrected chi connectivity index (χ4v) is 4.21. The Bertz CT molecular complexity index is 712. The monoisotopic (exact) mass is 445 g/mol. The predicted octanol–water partition coefficient (Wildman–Crippen LogP) is 5.65. The number of nitrogens with zero attached hydrogens (tertiary/aromatic N) is 3. The summed E-state index contributed by atoms with van der Waals surface area (Å²) in [5, 5.41) is 19.6. The van der Waals surface area contributed by atoms with Crippen molar-refractivity contribution in [3.05, 3.63) is 46.5 Å². The van der Waals surface area contributed by atoms with Gasteiger partial charge >= 0.3 is 5.97 Å². The average Bonchev–Trinajstić information content (AvgIpc) is 2.80. The number of hydrogen-bond donors (Lipinski definition) is 1. The first-order valence-corrected chi connectivity index (χ1v) is 12.1. The van der Waals surface area contributed by atoms with E-state index in [1.807, 2.05) is 12.1 Å². The molecule has 0 radical (unpaired) electrons. The Balaban J connectivity index is 1.41. The summed E-state index contributed by atoms with van der Waals surface area (Å²) in [6.07, 6.45) is 12.8. The van der Waals surface area contributed by atoms with Crippen molar-refractivity contribution in [3.63, 3.8) is 0 Å². The first-order chi connectivity index (χ1) is 15.5. The third-order valence-corrected chi connectivity index (χ3v) is 6.30. The lowest BCUT2D eigenvalue weighted by atomic mass is 10.0. The van der Waals surface area contributed by atoms with Crippen LogP contribution in [0.5, 0.6) is 0 Å². The van der Waals surface area contributed by atoms with Gasteiger partial charge in [-0.1, -0.05) is 57.9 Å². The number of aliphatic carboxylic acids is 1. The van der Waals surface area contributed by atoms with E-state index < -0.39 is 5.97 Å². The van der Waals surface area contributed by atoms with Crippen LogP contribution in [0.1, 0.15) is 70.6 Å². The molecule has 0 aliphatic carbocycles. The fourth-order valence-electron chi connectivity index (χ4n) is 4.21. The normalized spacial score (nSPS) is 14.4. The van der Waals surface area contributed by atoms with Gasteiger partial charge in [0.15, 0.2) is 0 Å². The molecule has 32 heavy (non-hydrogen) atoms. The highest BCUT2D eigenvalue weighted by Crippen LogP contribution is 2.21. The van der Waals surface area contributed by atoms with Crippen LogP contribution in [0.4, 0.5) is 11.4 Å². The van der Waals surface area contributed by atoms with Gasteiger partial charge in [0.25, 0.3) is 5.69 Å². The third kappa shape index (κ3) is 9.81. The van der Waals surface area contributed by atoms with Crippen LogP contribution in [0, 0.1) is 10.1 Å². The first-order valence-electron chi connectivity index (χ1n) is 12.1. The van der Waals surface area contributed by atoms with E-state index in [-0.39, 0.29) is 10.6 Å². The molecular weight excluding hydrogens is 406 g/mol. The SMILES string of the molecule is C=C(CCCCCCCCCCCCN1CCN(c2ccc([N+](=O)[O-])cc2)CC1)C(=O)O. The van der Waals surface area contributed by atoms with E-state index in [9.17, 15) is 14.9 Å². The Morgan fingerprint density at radius 3 is 1.88 bits per heavy atom. The van der Waals surface area contributed by atoms with Crippen molar-refractivity contribution < 1.29 is 14.8 Å². The molecule has 0 bridgehead atoms. The molecule has 1 aliphatic rings. The molecule has 0 amide bonds. The van der Waals surface area contributed by atoms with E-state index in [1.54, 1.807) is 12.1 Å². The molecule has 0 spiro atoms. The largest absolute Gasteiger partial charge is 0.478 e. The number of benzene rings is 1. The van der Waals surface area contributed by atoms with Crippen LogP contribution in [0.3, 0.4) is 0 Å². The van der Waals surface area contributed by atoms with Crippen LogP contribution in [0.15, 0.2) is 36.4 Å². The second-order valence-electron chi connectivity index (χ2n) is 8.80. The average molecular weight is 446 g/mol. The summed E-state index contributed by atoms with van der Waals surface area (Å²) in [7, 11) is 0. The van der Waals surface area contributed by atoms with Crippen LogP contribution < -0.4 is 4.90 Å². The molecule has 1 aromatic carbocycles. The highest BCUT2D eigenvalue weighted by molar-refractivity contribution is 5.85. The second kappa shape index (κ2) is 14.6. The maximum atomic E-state index is 10.8. The highest BCUT2D eigenvalue weighted by Gasteiger charge is 2.17. The standard InChI is InChI=1S/C25H39N3O4/c1-22(25(29)30)12-10-8-6-4-2-3-5-7-9-11-17-26-18-20-27(21-19-26)23-13-15-24(16-14-23)28(31)32/h13-16H,1-12,17-21H2,(H,29,30). The molecule has 2 rings (SSSR count). The maximum absolute atomic E-state index is 10.8. The van der Waals surface area contributed by atoms with E-state index in [4.69, 9.17) is 5.11 Å². The lowest BCUT2D eigenvalue weighted by molar-refractivity contribution is -0.384. The Labute approximate surface area is 192 Å². The number of carboxylic acids is 1. The Morgan fingerprint density at radius 2 is 1.38 bits per heavy atom. The minimum atomic E-state index is -0.866. The molecule has 0 saturated carbocycles. The maximum Gasteiger partial charge on any atom is 0.330 e. The minimum Gasteiger partial charge on any atom is -0.478 e. The number of rotatable bonds is 16. The van der Waals surface area contributed by atoms with Gasteiger partial charge in [-0.3, -0.25) is 15.0 Å². The van der Waals surface area contributed by atoms with Gasteiger partial charge in [0.1, 0.15) is 0 Å². The zero-order valence-corrected chi connectivity index (χ0v) is 19.3. The number of nitro groups is 1. The van der Waals surface area contributed by atoms with Gasteiger partial charge in [0, 0.05) is 49.6 Å². The van der Waals surface area contributed by atoms with Gasteiger partial charge in [-0.15, -0.1) is 0 Å². The molecule has 1 saturated heterocycles. The molecule has 1 aliphatic heterocycles. The number of anilines is 1.